The molecular weight excluding hydrogens is 318 g/mol. The number of rotatable bonds is 6. The lowest BCUT2D eigenvalue weighted by molar-refractivity contribution is -0.120. The molecule has 1 N–H and O–H groups in total. The van der Waals surface area contributed by atoms with Crippen LogP contribution in [0.4, 0.5) is 0 Å². The van der Waals surface area contributed by atoms with Gasteiger partial charge < -0.3 is 19.3 Å². The van der Waals surface area contributed by atoms with E-state index in [-0.39, 0.29) is 5.60 Å². The van der Waals surface area contributed by atoms with Gasteiger partial charge in [0.2, 0.25) is 0 Å². The smallest absolute Gasteiger partial charge is 0.122 e. The van der Waals surface area contributed by atoms with Crippen LogP contribution in [0.5, 0.6) is 5.75 Å². The maximum absolute atomic E-state index is 10.8. The van der Waals surface area contributed by atoms with Crippen molar-refractivity contribution in [2.75, 3.05) is 46.6 Å². The van der Waals surface area contributed by atoms with Crippen LogP contribution < -0.4 is 4.74 Å². The molecule has 1 unspecified atom stereocenters. The van der Waals surface area contributed by atoms with E-state index in [0.717, 1.165) is 37.2 Å². The van der Waals surface area contributed by atoms with Gasteiger partial charge in [0, 0.05) is 46.3 Å². The monoisotopic (exact) mass is 349 g/mol. The number of hydrogen-bond donors (Lipinski definition) is 1. The molecule has 0 aliphatic carbocycles. The van der Waals surface area contributed by atoms with E-state index in [0.29, 0.717) is 39.2 Å². The summed E-state index contributed by atoms with van der Waals surface area (Å²) in [6.45, 7) is 6.37. The van der Waals surface area contributed by atoms with Gasteiger partial charge in [-0.3, -0.25) is 4.90 Å². The largest absolute Gasteiger partial charge is 0.490 e. The Labute approximate surface area is 150 Å². The normalized spacial score (nSPS) is 27.2. The zero-order valence-corrected chi connectivity index (χ0v) is 15.5. The van der Waals surface area contributed by atoms with Gasteiger partial charge in [-0.2, -0.15) is 0 Å². The van der Waals surface area contributed by atoms with Crippen molar-refractivity contribution in [2.24, 2.45) is 0 Å². The summed E-state index contributed by atoms with van der Waals surface area (Å²) < 4.78 is 17.4. The number of likely N-dealkylation sites (tertiary alicyclic amines) is 1. The maximum atomic E-state index is 10.8. The van der Waals surface area contributed by atoms with Crippen molar-refractivity contribution in [1.82, 2.24) is 4.90 Å². The number of para-hydroxylation sites is 1. The Morgan fingerprint density at radius 3 is 2.68 bits per heavy atom. The second-order valence-corrected chi connectivity index (χ2v) is 7.59. The van der Waals surface area contributed by atoms with Crippen LogP contribution in [-0.2, 0) is 9.47 Å². The summed E-state index contributed by atoms with van der Waals surface area (Å²) in [5.74, 6) is 0.916. The van der Waals surface area contributed by atoms with Gasteiger partial charge in [-0.15, -0.1) is 0 Å². The molecule has 1 aromatic carbocycles. The number of hydrogen-bond acceptors (Lipinski definition) is 5. The van der Waals surface area contributed by atoms with Crippen LogP contribution in [0.3, 0.4) is 0 Å². The second kappa shape index (κ2) is 8.04. The van der Waals surface area contributed by atoms with Crippen LogP contribution in [0.15, 0.2) is 24.3 Å². The van der Waals surface area contributed by atoms with Gasteiger partial charge >= 0.3 is 0 Å². The highest BCUT2D eigenvalue weighted by molar-refractivity contribution is 5.31. The van der Waals surface area contributed by atoms with Crippen LogP contribution in [0.1, 0.15) is 31.2 Å². The minimum atomic E-state index is -0.633. The molecule has 2 aliphatic rings. The first-order chi connectivity index (χ1) is 12.0. The number of nitrogens with zero attached hydrogens (tertiary/aromatic N) is 1. The molecule has 0 aromatic heterocycles. The van der Waals surface area contributed by atoms with E-state index in [1.165, 1.54) is 0 Å². The molecule has 1 atom stereocenters. The number of ether oxygens (including phenoxy) is 3. The summed E-state index contributed by atoms with van der Waals surface area (Å²) in [4.78, 5) is 2.33. The van der Waals surface area contributed by atoms with E-state index >= 15 is 0 Å². The predicted octanol–water partition coefficient (Wildman–Crippen LogP) is 2.40. The molecule has 2 aliphatic heterocycles. The standard InChI is InChI=1S/C20H31NO4/c1-17-6-3-4-7-18(17)25-16-20(23-2)8-5-11-21(15-20)14-19(22)9-12-24-13-10-19/h3-4,6-7,22H,5,8-16H2,1-2H3. The average Bonchev–Trinajstić information content (AvgIpc) is 2.61. The summed E-state index contributed by atoms with van der Waals surface area (Å²) in [5.41, 5.74) is 0.187. The van der Waals surface area contributed by atoms with Crippen LogP contribution in [0, 0.1) is 6.92 Å². The fraction of sp³-hybridized carbons (Fsp3) is 0.700. The second-order valence-electron chi connectivity index (χ2n) is 7.59. The number of β-amino-alcohol motifs (C(OH)–C–C–N with tert-alkyl or cyclic N) is 1. The minimum absolute atomic E-state index is 0.317. The van der Waals surface area contributed by atoms with Crippen LogP contribution in [-0.4, -0.2) is 67.8 Å². The summed E-state index contributed by atoms with van der Waals surface area (Å²) in [7, 11) is 1.77. The van der Waals surface area contributed by atoms with E-state index in [1.807, 2.05) is 18.2 Å². The number of piperidine rings is 1. The molecule has 140 valence electrons. The van der Waals surface area contributed by atoms with E-state index in [1.54, 1.807) is 7.11 Å². The lowest BCUT2D eigenvalue weighted by Gasteiger charge is -2.45. The molecule has 2 fully saturated rings. The Morgan fingerprint density at radius 1 is 1.20 bits per heavy atom. The lowest BCUT2D eigenvalue weighted by atomic mass is 9.89. The van der Waals surface area contributed by atoms with Gasteiger partial charge in [0.05, 0.1) is 5.60 Å². The van der Waals surface area contributed by atoms with Crippen LogP contribution in [0.2, 0.25) is 0 Å². The number of aryl methyl sites for hydroxylation is 1. The highest BCUT2D eigenvalue weighted by Gasteiger charge is 2.40. The van der Waals surface area contributed by atoms with Gasteiger partial charge in [0.25, 0.3) is 0 Å². The molecule has 2 saturated heterocycles. The zero-order chi connectivity index (χ0) is 17.8. The van der Waals surface area contributed by atoms with Gasteiger partial charge in [-0.05, 0) is 37.9 Å². The summed E-state index contributed by atoms with van der Waals surface area (Å²) in [6.07, 6.45) is 3.46. The Kier molecular flexibility index (Phi) is 6.00. The molecular formula is C20H31NO4. The van der Waals surface area contributed by atoms with Crippen molar-refractivity contribution in [2.45, 2.75) is 43.8 Å². The van der Waals surface area contributed by atoms with E-state index in [4.69, 9.17) is 14.2 Å². The number of aliphatic hydroxyl groups is 1. The molecule has 3 rings (SSSR count). The zero-order valence-electron chi connectivity index (χ0n) is 15.5. The van der Waals surface area contributed by atoms with Crippen molar-refractivity contribution < 1.29 is 19.3 Å². The Bertz CT molecular complexity index is 558. The van der Waals surface area contributed by atoms with Gasteiger partial charge in [-0.1, -0.05) is 18.2 Å². The molecule has 1 aromatic rings. The topological polar surface area (TPSA) is 51.2 Å². The van der Waals surface area contributed by atoms with Crippen molar-refractivity contribution in [3.8, 4) is 5.75 Å². The van der Waals surface area contributed by atoms with E-state index in [9.17, 15) is 5.11 Å². The summed E-state index contributed by atoms with van der Waals surface area (Å²) in [5, 5.41) is 10.8. The van der Waals surface area contributed by atoms with Crippen molar-refractivity contribution >= 4 is 0 Å². The molecule has 5 nitrogen and oxygen atoms in total. The van der Waals surface area contributed by atoms with E-state index < -0.39 is 5.60 Å². The number of benzene rings is 1. The first-order valence-corrected chi connectivity index (χ1v) is 9.30. The predicted molar refractivity (Wildman–Crippen MR) is 97.1 cm³/mol. The van der Waals surface area contributed by atoms with E-state index in [2.05, 4.69) is 17.9 Å². The third-order valence-electron chi connectivity index (χ3n) is 5.58. The Hall–Kier alpha value is -1.14. The van der Waals surface area contributed by atoms with Gasteiger partial charge in [0.1, 0.15) is 18.0 Å². The Morgan fingerprint density at radius 2 is 1.96 bits per heavy atom. The van der Waals surface area contributed by atoms with Crippen molar-refractivity contribution in [3.63, 3.8) is 0 Å². The van der Waals surface area contributed by atoms with Crippen molar-refractivity contribution in [1.29, 1.82) is 0 Å². The quantitative estimate of drug-likeness (QED) is 0.855. The van der Waals surface area contributed by atoms with Crippen molar-refractivity contribution in [3.05, 3.63) is 29.8 Å². The van der Waals surface area contributed by atoms with Gasteiger partial charge in [0.15, 0.2) is 0 Å². The fourth-order valence-corrected chi connectivity index (χ4v) is 3.92. The first kappa shape index (κ1) is 18.6. The van der Waals surface area contributed by atoms with Crippen LogP contribution >= 0.6 is 0 Å². The molecule has 0 spiro atoms. The lowest BCUT2D eigenvalue weighted by Crippen LogP contribution is -2.57. The fourth-order valence-electron chi connectivity index (χ4n) is 3.92. The first-order valence-electron chi connectivity index (χ1n) is 9.30. The minimum Gasteiger partial charge on any atom is -0.490 e. The highest BCUT2D eigenvalue weighted by atomic mass is 16.5. The SMILES string of the molecule is COC1(COc2ccccc2C)CCCN(CC2(O)CCOCC2)C1. The maximum Gasteiger partial charge on any atom is 0.122 e. The molecule has 5 heteroatoms. The Balaban J connectivity index is 1.61. The van der Waals surface area contributed by atoms with Crippen LogP contribution in [0.25, 0.3) is 0 Å². The third kappa shape index (κ3) is 4.73. The molecule has 2 heterocycles. The molecule has 0 radical (unpaired) electrons. The summed E-state index contributed by atoms with van der Waals surface area (Å²) >= 11 is 0. The molecule has 25 heavy (non-hydrogen) atoms. The molecule has 0 amide bonds. The third-order valence-corrected chi connectivity index (χ3v) is 5.58. The molecule has 0 saturated carbocycles. The average molecular weight is 349 g/mol. The van der Waals surface area contributed by atoms with Gasteiger partial charge in [-0.25, -0.2) is 0 Å². The highest BCUT2D eigenvalue weighted by Crippen LogP contribution is 2.30. The summed E-state index contributed by atoms with van der Waals surface area (Å²) in [6, 6.07) is 8.08. The number of methoxy groups -OCH3 is 1. The molecule has 0 bridgehead atoms.